The number of morpholine rings is 1. The normalized spacial score (nSPS) is 20.4. The molecular weight excluding hydrogens is 484 g/mol. The van der Waals surface area contributed by atoms with Crippen LogP contribution in [0, 0.1) is 0 Å². The summed E-state index contributed by atoms with van der Waals surface area (Å²) in [6.45, 7) is 1.48. The van der Waals surface area contributed by atoms with Crippen molar-refractivity contribution >= 4 is 29.1 Å². The van der Waals surface area contributed by atoms with Gasteiger partial charge in [0.15, 0.2) is 11.4 Å². The van der Waals surface area contributed by atoms with Gasteiger partial charge in [-0.1, -0.05) is 23.7 Å². The minimum absolute atomic E-state index is 0.0917. The highest BCUT2D eigenvalue weighted by Crippen LogP contribution is 2.30. The van der Waals surface area contributed by atoms with E-state index in [9.17, 15) is 18.7 Å². The molecule has 0 saturated carbocycles. The van der Waals surface area contributed by atoms with Gasteiger partial charge in [-0.3, -0.25) is 4.79 Å². The van der Waals surface area contributed by atoms with Crippen molar-refractivity contribution in [3.05, 3.63) is 52.7 Å². The number of fused-ring (bicyclic) bond motifs is 1. The molecule has 1 aromatic carbocycles. The third kappa shape index (κ3) is 5.47. The van der Waals surface area contributed by atoms with E-state index in [1.165, 1.54) is 23.9 Å². The summed E-state index contributed by atoms with van der Waals surface area (Å²) < 4.78 is 39.8. The number of aromatic nitrogens is 3. The summed E-state index contributed by atoms with van der Waals surface area (Å²) >= 11 is 6.02. The summed E-state index contributed by atoms with van der Waals surface area (Å²) in [5, 5.41) is 17.4. The van der Waals surface area contributed by atoms with E-state index in [0.717, 1.165) is 10.5 Å². The number of amides is 1. The lowest BCUT2D eigenvalue weighted by atomic mass is 9.97. The van der Waals surface area contributed by atoms with Crippen molar-refractivity contribution in [2.45, 2.75) is 38.0 Å². The summed E-state index contributed by atoms with van der Waals surface area (Å²) in [6.07, 6.45) is -1.16. The fourth-order valence-corrected chi connectivity index (χ4v) is 4.22. The molecule has 2 unspecified atom stereocenters. The monoisotopic (exact) mass is 509 g/mol. The van der Waals surface area contributed by atoms with Gasteiger partial charge in [-0.2, -0.15) is 4.98 Å². The van der Waals surface area contributed by atoms with Crippen LogP contribution in [-0.4, -0.2) is 75.4 Å². The van der Waals surface area contributed by atoms with Crippen molar-refractivity contribution in [3.8, 4) is 5.75 Å². The zero-order chi connectivity index (χ0) is 25.2. The van der Waals surface area contributed by atoms with Crippen molar-refractivity contribution in [3.63, 3.8) is 0 Å². The number of carbonyl (C=O) groups is 1. The third-order valence-electron chi connectivity index (χ3n) is 5.91. The molecule has 0 bridgehead atoms. The summed E-state index contributed by atoms with van der Waals surface area (Å²) in [6, 6.07) is 7.36. The lowest BCUT2D eigenvalue weighted by Gasteiger charge is -2.44. The molecule has 12 heteroatoms. The van der Waals surface area contributed by atoms with Gasteiger partial charge in [0.25, 0.3) is 12.3 Å². The molecule has 1 fully saturated rings. The van der Waals surface area contributed by atoms with E-state index in [4.69, 9.17) is 21.1 Å². The number of halogens is 3. The number of methoxy groups -OCH3 is 1. The zero-order valence-corrected chi connectivity index (χ0v) is 20.0. The summed E-state index contributed by atoms with van der Waals surface area (Å²) in [7, 11) is 1.42. The predicted octanol–water partition coefficient (Wildman–Crippen LogP) is 3.25. The molecular formula is C23H26ClF2N5O4. The Labute approximate surface area is 205 Å². The van der Waals surface area contributed by atoms with Crippen molar-refractivity contribution in [1.29, 1.82) is 0 Å². The van der Waals surface area contributed by atoms with E-state index in [2.05, 4.69) is 15.4 Å². The molecule has 1 amide bonds. The van der Waals surface area contributed by atoms with Crippen LogP contribution in [0.1, 0.15) is 29.3 Å². The van der Waals surface area contributed by atoms with Gasteiger partial charge in [0.1, 0.15) is 6.04 Å². The van der Waals surface area contributed by atoms with E-state index in [1.807, 2.05) is 18.2 Å². The maximum Gasteiger partial charge on any atom is 0.260 e. The van der Waals surface area contributed by atoms with Crippen LogP contribution in [0.2, 0.25) is 5.02 Å². The van der Waals surface area contributed by atoms with Gasteiger partial charge in [0.2, 0.25) is 5.95 Å². The standard InChI is InChI=1S/C23H26ClF2N5O4/c1-23(6-7-32)13-30(17(12-35-23)19(25)26)21(33)15-9-18(34-2)20-28-22(29-31(20)11-15)27-10-14-4-3-5-16(24)8-14/h3-5,8-9,11,17,19,32H,6-7,10,12-13H2,1-2H3,(H,27,29). The number of alkyl halides is 2. The number of pyridine rings is 1. The van der Waals surface area contributed by atoms with Crippen LogP contribution >= 0.6 is 11.6 Å². The van der Waals surface area contributed by atoms with Gasteiger partial charge in [0.05, 0.1) is 31.4 Å². The molecule has 0 spiro atoms. The fraction of sp³-hybridized carbons (Fsp3) is 0.435. The van der Waals surface area contributed by atoms with Gasteiger partial charge in [-0.25, -0.2) is 13.3 Å². The zero-order valence-electron chi connectivity index (χ0n) is 19.2. The third-order valence-corrected chi connectivity index (χ3v) is 6.14. The molecule has 2 N–H and O–H groups in total. The lowest BCUT2D eigenvalue weighted by Crippen LogP contribution is -2.59. The van der Waals surface area contributed by atoms with Gasteiger partial charge >= 0.3 is 0 Å². The first-order valence-corrected chi connectivity index (χ1v) is 11.4. The van der Waals surface area contributed by atoms with Crippen LogP contribution in [0.25, 0.3) is 5.65 Å². The van der Waals surface area contributed by atoms with E-state index in [0.29, 0.717) is 23.2 Å². The van der Waals surface area contributed by atoms with Crippen molar-refractivity contribution in [2.75, 3.05) is 32.2 Å². The molecule has 1 saturated heterocycles. The number of aliphatic hydroxyl groups excluding tert-OH is 1. The number of nitrogens with zero attached hydrogens (tertiary/aromatic N) is 4. The molecule has 0 radical (unpaired) electrons. The lowest BCUT2D eigenvalue weighted by molar-refractivity contribution is -0.146. The number of rotatable bonds is 8. The molecule has 0 aliphatic carbocycles. The molecule has 3 heterocycles. The Morgan fingerprint density at radius 1 is 1.43 bits per heavy atom. The number of hydrogen-bond donors (Lipinski definition) is 2. The second kappa shape index (κ2) is 10.3. The van der Waals surface area contributed by atoms with Crippen LogP contribution in [0.4, 0.5) is 14.7 Å². The highest BCUT2D eigenvalue weighted by atomic mass is 35.5. The number of benzene rings is 1. The molecule has 1 aliphatic heterocycles. The predicted molar refractivity (Wildman–Crippen MR) is 125 cm³/mol. The molecule has 2 atom stereocenters. The molecule has 9 nitrogen and oxygen atoms in total. The molecule has 4 rings (SSSR count). The maximum absolute atomic E-state index is 13.7. The molecule has 1 aliphatic rings. The minimum Gasteiger partial charge on any atom is -0.493 e. The highest BCUT2D eigenvalue weighted by molar-refractivity contribution is 6.30. The Morgan fingerprint density at radius 3 is 2.91 bits per heavy atom. The van der Waals surface area contributed by atoms with Crippen LogP contribution in [0.3, 0.4) is 0 Å². The second-order valence-electron chi connectivity index (χ2n) is 8.55. The van der Waals surface area contributed by atoms with Crippen molar-refractivity contribution in [2.24, 2.45) is 0 Å². The number of hydrogen-bond acceptors (Lipinski definition) is 7. The van der Waals surface area contributed by atoms with Gasteiger partial charge in [0, 0.05) is 30.8 Å². The van der Waals surface area contributed by atoms with Crippen LogP contribution in [0.5, 0.6) is 5.75 Å². The Hall–Kier alpha value is -3.02. The molecule has 3 aromatic rings. The van der Waals surface area contributed by atoms with Crippen molar-refractivity contribution < 1.29 is 28.2 Å². The van der Waals surface area contributed by atoms with Gasteiger partial charge in [-0.15, -0.1) is 5.10 Å². The van der Waals surface area contributed by atoms with Crippen LogP contribution < -0.4 is 10.1 Å². The first-order chi connectivity index (χ1) is 16.7. The SMILES string of the molecule is COc1cc(C(=O)N2CC(C)(CCO)OCC2C(F)F)cn2nc(NCc3cccc(Cl)c3)nc12. The largest absolute Gasteiger partial charge is 0.493 e. The van der Waals surface area contributed by atoms with E-state index >= 15 is 0 Å². The minimum atomic E-state index is -2.79. The Kier molecular flexibility index (Phi) is 7.39. The van der Waals surface area contributed by atoms with Gasteiger partial charge < -0.3 is 24.8 Å². The molecule has 2 aromatic heterocycles. The van der Waals surface area contributed by atoms with Gasteiger partial charge in [-0.05, 0) is 30.7 Å². The number of ether oxygens (including phenoxy) is 2. The highest BCUT2D eigenvalue weighted by Gasteiger charge is 2.43. The van der Waals surface area contributed by atoms with E-state index < -0.39 is 24.0 Å². The molecule has 35 heavy (non-hydrogen) atoms. The van der Waals surface area contributed by atoms with E-state index in [-0.39, 0.29) is 37.5 Å². The number of carbonyl (C=O) groups excluding carboxylic acids is 1. The topological polar surface area (TPSA) is 101 Å². The average molecular weight is 510 g/mol. The molecule has 188 valence electrons. The van der Waals surface area contributed by atoms with Crippen LogP contribution in [0.15, 0.2) is 36.5 Å². The fourth-order valence-electron chi connectivity index (χ4n) is 4.01. The average Bonchev–Trinajstić information content (AvgIpc) is 3.24. The summed E-state index contributed by atoms with van der Waals surface area (Å²) in [5.41, 5.74) is 0.458. The second-order valence-corrected chi connectivity index (χ2v) is 8.99. The Bertz CT molecular complexity index is 1210. The Balaban J connectivity index is 1.62. The smallest absolute Gasteiger partial charge is 0.260 e. The summed E-state index contributed by atoms with van der Waals surface area (Å²) in [5.74, 6) is -0.0636. The number of nitrogens with one attached hydrogen (secondary N) is 1. The number of anilines is 1. The van der Waals surface area contributed by atoms with Crippen LogP contribution in [-0.2, 0) is 11.3 Å². The van der Waals surface area contributed by atoms with E-state index in [1.54, 1.807) is 13.0 Å². The number of aliphatic hydroxyl groups is 1. The van der Waals surface area contributed by atoms with Crippen molar-refractivity contribution in [1.82, 2.24) is 19.5 Å². The quantitative estimate of drug-likeness (QED) is 0.480. The summed E-state index contributed by atoms with van der Waals surface area (Å²) in [4.78, 5) is 18.9. The maximum atomic E-state index is 13.7. The first kappa shape index (κ1) is 25.1. The Morgan fingerprint density at radius 2 is 2.23 bits per heavy atom. The first-order valence-electron chi connectivity index (χ1n) is 11.0.